The Morgan fingerprint density at radius 3 is 2.32 bits per heavy atom. The fraction of sp³-hybridized carbons (Fsp3) is 0.688. The summed E-state index contributed by atoms with van der Waals surface area (Å²) in [6.07, 6.45) is 4.52. The molecule has 19 heavy (non-hydrogen) atoms. The van der Waals surface area contributed by atoms with E-state index in [1.54, 1.807) is 0 Å². The Hall–Kier alpha value is -1.09. The van der Waals surface area contributed by atoms with Gasteiger partial charge in [-0.15, -0.1) is 0 Å². The van der Waals surface area contributed by atoms with Gasteiger partial charge in [0.25, 0.3) is 0 Å². The van der Waals surface area contributed by atoms with Crippen molar-refractivity contribution in [2.45, 2.75) is 46.6 Å². The highest BCUT2D eigenvalue weighted by atomic mass is 15.1. The molecule has 0 aliphatic carbocycles. The van der Waals surface area contributed by atoms with Crippen LogP contribution in [-0.2, 0) is 0 Å². The lowest BCUT2D eigenvalue weighted by atomic mass is 9.75. The van der Waals surface area contributed by atoms with Crippen molar-refractivity contribution in [2.75, 3.05) is 18.0 Å². The van der Waals surface area contributed by atoms with Crippen LogP contribution in [0.4, 0.5) is 5.69 Å². The van der Waals surface area contributed by atoms with Gasteiger partial charge in [0.1, 0.15) is 0 Å². The molecule has 1 saturated heterocycles. The fourth-order valence-electron chi connectivity index (χ4n) is 2.86. The largest absolute Gasteiger partial charge is 0.370 e. The second-order valence-electron chi connectivity index (χ2n) is 6.86. The third-order valence-corrected chi connectivity index (χ3v) is 4.32. The number of piperidine rings is 1. The van der Waals surface area contributed by atoms with Crippen LogP contribution < -0.4 is 10.6 Å². The molecule has 2 heterocycles. The molecule has 1 aromatic heterocycles. The van der Waals surface area contributed by atoms with Crippen LogP contribution in [0.15, 0.2) is 18.3 Å². The third-order valence-electron chi connectivity index (χ3n) is 4.32. The molecule has 3 nitrogen and oxygen atoms in total. The van der Waals surface area contributed by atoms with E-state index in [0.29, 0.717) is 5.41 Å². The molecular weight excluding hydrogens is 234 g/mol. The van der Waals surface area contributed by atoms with Crippen LogP contribution in [0.5, 0.6) is 0 Å². The summed E-state index contributed by atoms with van der Waals surface area (Å²) in [5.74, 6) is 0.833. The lowest BCUT2D eigenvalue weighted by Gasteiger charge is -2.39. The van der Waals surface area contributed by atoms with Gasteiger partial charge in [0.05, 0.1) is 17.6 Å². The summed E-state index contributed by atoms with van der Waals surface area (Å²) in [6.45, 7) is 11.3. The Kier molecular flexibility index (Phi) is 4.14. The molecule has 0 bridgehead atoms. The molecule has 1 atom stereocenters. The van der Waals surface area contributed by atoms with E-state index >= 15 is 0 Å². The van der Waals surface area contributed by atoms with Crippen LogP contribution in [0.1, 0.15) is 52.3 Å². The third kappa shape index (κ3) is 3.47. The SMILES string of the molecule is CC(N)c1ccc(N2CCC(C(C)(C)C)CC2)cn1. The predicted octanol–water partition coefficient (Wildman–Crippen LogP) is 3.36. The molecule has 1 unspecified atom stereocenters. The highest BCUT2D eigenvalue weighted by molar-refractivity contribution is 5.45. The average Bonchev–Trinajstić information content (AvgIpc) is 2.38. The van der Waals surface area contributed by atoms with E-state index in [-0.39, 0.29) is 6.04 Å². The molecule has 1 fully saturated rings. The van der Waals surface area contributed by atoms with Crippen molar-refractivity contribution in [3.8, 4) is 0 Å². The summed E-state index contributed by atoms with van der Waals surface area (Å²) in [5.41, 5.74) is 8.47. The molecule has 1 aliphatic heterocycles. The van der Waals surface area contributed by atoms with Crippen molar-refractivity contribution >= 4 is 5.69 Å². The highest BCUT2D eigenvalue weighted by Crippen LogP contribution is 2.35. The van der Waals surface area contributed by atoms with E-state index in [2.05, 4.69) is 42.8 Å². The number of aromatic nitrogens is 1. The van der Waals surface area contributed by atoms with E-state index < -0.39 is 0 Å². The number of anilines is 1. The van der Waals surface area contributed by atoms with Gasteiger partial charge in [0.2, 0.25) is 0 Å². The summed E-state index contributed by atoms with van der Waals surface area (Å²) in [6, 6.07) is 4.22. The first-order valence-electron chi connectivity index (χ1n) is 7.34. The van der Waals surface area contributed by atoms with E-state index in [0.717, 1.165) is 24.7 Å². The summed E-state index contributed by atoms with van der Waals surface area (Å²) in [7, 11) is 0. The minimum atomic E-state index is 0.0145. The van der Waals surface area contributed by atoms with Gasteiger partial charge in [-0.3, -0.25) is 4.98 Å². The maximum absolute atomic E-state index is 5.83. The Bertz CT molecular complexity index is 395. The van der Waals surface area contributed by atoms with E-state index in [4.69, 9.17) is 5.73 Å². The van der Waals surface area contributed by atoms with Crippen molar-refractivity contribution < 1.29 is 0 Å². The molecular formula is C16H27N3. The topological polar surface area (TPSA) is 42.1 Å². The van der Waals surface area contributed by atoms with Gasteiger partial charge in [-0.2, -0.15) is 0 Å². The number of nitrogens with two attached hydrogens (primary N) is 1. The smallest absolute Gasteiger partial charge is 0.0569 e. The molecule has 0 radical (unpaired) electrons. The first-order chi connectivity index (χ1) is 8.88. The standard InChI is InChI=1S/C16H27N3/c1-12(17)15-6-5-14(11-18-15)19-9-7-13(8-10-19)16(2,3)4/h5-6,11-13H,7-10,17H2,1-4H3. The Morgan fingerprint density at radius 1 is 1.26 bits per heavy atom. The molecule has 0 amide bonds. The molecule has 0 saturated carbocycles. The van der Waals surface area contributed by atoms with Gasteiger partial charge in [0, 0.05) is 19.1 Å². The van der Waals surface area contributed by atoms with Crippen LogP contribution in [0.2, 0.25) is 0 Å². The first kappa shape index (κ1) is 14.3. The van der Waals surface area contributed by atoms with E-state index in [1.807, 2.05) is 13.1 Å². The van der Waals surface area contributed by atoms with Crippen molar-refractivity contribution in [3.05, 3.63) is 24.0 Å². The Labute approximate surface area is 117 Å². The lowest BCUT2D eigenvalue weighted by Crippen LogP contribution is -2.38. The molecule has 2 rings (SSSR count). The van der Waals surface area contributed by atoms with Crippen LogP contribution in [0.3, 0.4) is 0 Å². The molecule has 3 heteroatoms. The van der Waals surface area contributed by atoms with Gasteiger partial charge in [-0.05, 0) is 43.2 Å². The fourth-order valence-corrected chi connectivity index (χ4v) is 2.86. The predicted molar refractivity (Wildman–Crippen MR) is 81.2 cm³/mol. The molecule has 1 aliphatic rings. The minimum Gasteiger partial charge on any atom is -0.370 e. The van der Waals surface area contributed by atoms with Crippen molar-refractivity contribution in [1.29, 1.82) is 0 Å². The summed E-state index contributed by atoms with van der Waals surface area (Å²) >= 11 is 0. The van der Waals surface area contributed by atoms with Gasteiger partial charge in [-0.1, -0.05) is 20.8 Å². The summed E-state index contributed by atoms with van der Waals surface area (Å²) in [4.78, 5) is 6.90. The van der Waals surface area contributed by atoms with E-state index in [1.165, 1.54) is 18.5 Å². The Balaban J connectivity index is 1.98. The number of hydrogen-bond acceptors (Lipinski definition) is 3. The second kappa shape index (κ2) is 5.49. The summed E-state index contributed by atoms with van der Waals surface area (Å²) in [5, 5.41) is 0. The van der Waals surface area contributed by atoms with Crippen molar-refractivity contribution in [1.82, 2.24) is 4.98 Å². The normalized spacial score (nSPS) is 19.5. The number of hydrogen-bond donors (Lipinski definition) is 1. The first-order valence-corrected chi connectivity index (χ1v) is 7.34. The Morgan fingerprint density at radius 2 is 1.89 bits per heavy atom. The molecule has 2 N–H and O–H groups in total. The monoisotopic (exact) mass is 261 g/mol. The molecule has 0 spiro atoms. The molecule has 0 aromatic carbocycles. The average molecular weight is 261 g/mol. The zero-order valence-corrected chi connectivity index (χ0v) is 12.7. The maximum Gasteiger partial charge on any atom is 0.0569 e. The zero-order valence-electron chi connectivity index (χ0n) is 12.7. The second-order valence-corrected chi connectivity index (χ2v) is 6.86. The van der Waals surface area contributed by atoms with E-state index in [9.17, 15) is 0 Å². The van der Waals surface area contributed by atoms with Crippen molar-refractivity contribution in [3.63, 3.8) is 0 Å². The lowest BCUT2D eigenvalue weighted by molar-refractivity contribution is 0.199. The highest BCUT2D eigenvalue weighted by Gasteiger charge is 2.28. The minimum absolute atomic E-state index is 0.0145. The van der Waals surface area contributed by atoms with Crippen LogP contribution >= 0.6 is 0 Å². The van der Waals surface area contributed by atoms with Gasteiger partial charge >= 0.3 is 0 Å². The maximum atomic E-state index is 5.83. The van der Waals surface area contributed by atoms with Gasteiger partial charge in [0.15, 0.2) is 0 Å². The van der Waals surface area contributed by atoms with Crippen LogP contribution in [-0.4, -0.2) is 18.1 Å². The number of nitrogens with zero attached hydrogens (tertiary/aromatic N) is 2. The van der Waals surface area contributed by atoms with Crippen LogP contribution in [0.25, 0.3) is 0 Å². The van der Waals surface area contributed by atoms with Gasteiger partial charge < -0.3 is 10.6 Å². The number of pyridine rings is 1. The number of rotatable bonds is 2. The molecule has 1 aromatic rings. The van der Waals surface area contributed by atoms with Crippen LogP contribution in [0, 0.1) is 11.3 Å². The zero-order chi connectivity index (χ0) is 14.0. The van der Waals surface area contributed by atoms with Gasteiger partial charge in [-0.25, -0.2) is 0 Å². The summed E-state index contributed by atoms with van der Waals surface area (Å²) < 4.78 is 0. The van der Waals surface area contributed by atoms with Crippen molar-refractivity contribution in [2.24, 2.45) is 17.1 Å². The quantitative estimate of drug-likeness (QED) is 0.887. The molecule has 106 valence electrons.